The summed E-state index contributed by atoms with van der Waals surface area (Å²) in [7, 11) is 0. The van der Waals surface area contributed by atoms with Gasteiger partial charge in [0.15, 0.2) is 5.11 Å². The van der Waals surface area contributed by atoms with Gasteiger partial charge in [0, 0.05) is 16.8 Å². The van der Waals surface area contributed by atoms with Crippen molar-refractivity contribution >= 4 is 46.6 Å². The Morgan fingerprint density at radius 2 is 1.86 bits per heavy atom. The number of hydrogen-bond acceptors (Lipinski definition) is 3. The number of ether oxygens (including phenoxy) is 1. The molecule has 2 aromatic rings. The summed E-state index contributed by atoms with van der Waals surface area (Å²) >= 11 is 11.2. The van der Waals surface area contributed by atoms with Crippen LogP contribution in [-0.2, 0) is 4.79 Å². The van der Waals surface area contributed by atoms with E-state index in [2.05, 4.69) is 17.6 Å². The number of benzene rings is 2. The number of carbonyl (C=O) groups is 1. The van der Waals surface area contributed by atoms with Gasteiger partial charge in [-0.25, -0.2) is 0 Å². The molecule has 0 fully saturated rings. The molecule has 0 heterocycles. The van der Waals surface area contributed by atoms with Gasteiger partial charge >= 0.3 is 0 Å². The van der Waals surface area contributed by atoms with E-state index in [0.717, 1.165) is 30.0 Å². The van der Waals surface area contributed by atoms with Crippen LogP contribution in [0.2, 0.25) is 5.02 Å². The van der Waals surface area contributed by atoms with Crippen molar-refractivity contribution in [2.45, 2.75) is 32.6 Å². The Balaban J connectivity index is 1.76. The predicted octanol–water partition coefficient (Wildman–Crippen LogP) is 5.83. The molecule has 0 bridgehead atoms. The number of carbonyl (C=O) groups excluding carboxylic acids is 1. The molecule has 6 heteroatoms. The molecule has 2 rings (SSSR count). The van der Waals surface area contributed by atoms with Gasteiger partial charge in [0.05, 0.1) is 6.61 Å². The van der Waals surface area contributed by atoms with Gasteiger partial charge < -0.3 is 10.1 Å². The minimum absolute atomic E-state index is 0.224. The molecular formula is C22H25ClN2O2S. The van der Waals surface area contributed by atoms with Crippen LogP contribution in [-0.4, -0.2) is 17.6 Å². The zero-order chi connectivity index (χ0) is 20.2. The number of halogens is 1. The molecule has 0 aliphatic rings. The maximum Gasteiger partial charge on any atom is 0.250 e. The van der Waals surface area contributed by atoms with Gasteiger partial charge in [0.25, 0.3) is 0 Å². The average molecular weight is 417 g/mol. The number of rotatable bonds is 9. The van der Waals surface area contributed by atoms with E-state index in [1.54, 1.807) is 12.1 Å². The second kappa shape index (κ2) is 12.2. The topological polar surface area (TPSA) is 50.4 Å². The van der Waals surface area contributed by atoms with E-state index in [0.29, 0.717) is 5.02 Å². The molecule has 4 nitrogen and oxygen atoms in total. The third kappa shape index (κ3) is 8.11. The first-order valence-corrected chi connectivity index (χ1v) is 10.1. The summed E-state index contributed by atoms with van der Waals surface area (Å²) in [6.07, 6.45) is 7.74. The number of anilines is 1. The van der Waals surface area contributed by atoms with E-state index < -0.39 is 0 Å². The van der Waals surface area contributed by atoms with Gasteiger partial charge in [-0.15, -0.1) is 0 Å². The lowest BCUT2D eigenvalue weighted by Crippen LogP contribution is -2.32. The summed E-state index contributed by atoms with van der Waals surface area (Å²) in [5.74, 6) is 0.490. The van der Waals surface area contributed by atoms with Gasteiger partial charge in [-0.3, -0.25) is 10.1 Å². The van der Waals surface area contributed by atoms with Gasteiger partial charge in [0.1, 0.15) is 5.75 Å². The minimum Gasteiger partial charge on any atom is -0.494 e. The lowest BCUT2D eigenvalue weighted by molar-refractivity contribution is -0.115. The molecule has 1 amide bonds. The average Bonchev–Trinajstić information content (AvgIpc) is 2.68. The van der Waals surface area contributed by atoms with E-state index in [1.165, 1.54) is 25.3 Å². The van der Waals surface area contributed by atoms with E-state index in [9.17, 15) is 4.79 Å². The third-order valence-electron chi connectivity index (χ3n) is 3.94. The van der Waals surface area contributed by atoms with E-state index >= 15 is 0 Å². The number of hydrogen-bond donors (Lipinski definition) is 2. The summed E-state index contributed by atoms with van der Waals surface area (Å²) in [4.78, 5) is 12.0. The molecule has 28 heavy (non-hydrogen) atoms. The molecule has 148 valence electrons. The van der Waals surface area contributed by atoms with Crippen molar-refractivity contribution in [1.82, 2.24) is 5.32 Å². The summed E-state index contributed by atoms with van der Waals surface area (Å²) in [6, 6.07) is 14.8. The number of amides is 1. The second-order valence-corrected chi connectivity index (χ2v) is 7.05. The molecule has 0 radical (unpaired) electrons. The van der Waals surface area contributed by atoms with Crippen LogP contribution in [0.5, 0.6) is 5.75 Å². The first kappa shape index (κ1) is 21.9. The highest BCUT2D eigenvalue weighted by molar-refractivity contribution is 7.80. The largest absolute Gasteiger partial charge is 0.494 e. The molecule has 2 aromatic carbocycles. The molecule has 0 aromatic heterocycles. The van der Waals surface area contributed by atoms with Crippen molar-refractivity contribution in [1.29, 1.82) is 0 Å². The first-order valence-electron chi connectivity index (χ1n) is 9.36. The van der Waals surface area contributed by atoms with Gasteiger partial charge in [0.2, 0.25) is 5.91 Å². The van der Waals surface area contributed by atoms with E-state index in [1.807, 2.05) is 42.5 Å². The molecule has 0 atom stereocenters. The minimum atomic E-state index is -0.329. The Morgan fingerprint density at radius 3 is 2.57 bits per heavy atom. The van der Waals surface area contributed by atoms with Crippen molar-refractivity contribution in [3.8, 4) is 5.75 Å². The molecule has 0 saturated carbocycles. The van der Waals surface area contributed by atoms with Crippen LogP contribution in [0.25, 0.3) is 6.08 Å². The standard InChI is InChI=1S/C22H25ClN2O2S/c1-2-3-4-7-16-27-19-13-11-18(12-14-19)24-22(28)25-21(26)15-10-17-8-5-6-9-20(17)23/h5-6,8-15H,2-4,7,16H2,1H3,(H2,24,25,26,28). The molecular weight excluding hydrogens is 392 g/mol. The Labute approximate surface area is 176 Å². The molecule has 2 N–H and O–H groups in total. The monoisotopic (exact) mass is 416 g/mol. The fraction of sp³-hybridized carbons (Fsp3) is 0.273. The molecule has 0 aliphatic carbocycles. The normalized spacial score (nSPS) is 10.6. The van der Waals surface area contributed by atoms with Gasteiger partial charge in [-0.2, -0.15) is 0 Å². The van der Waals surface area contributed by atoms with Crippen LogP contribution < -0.4 is 15.4 Å². The van der Waals surface area contributed by atoms with Crippen LogP contribution >= 0.6 is 23.8 Å². The maximum absolute atomic E-state index is 12.0. The molecule has 0 aliphatic heterocycles. The Kier molecular flexibility index (Phi) is 9.52. The van der Waals surface area contributed by atoms with Crippen LogP contribution in [0.1, 0.15) is 38.2 Å². The van der Waals surface area contributed by atoms with Crippen LogP contribution in [0.15, 0.2) is 54.6 Å². The summed E-state index contributed by atoms with van der Waals surface area (Å²) < 4.78 is 5.71. The quantitative estimate of drug-likeness (QED) is 0.307. The fourth-order valence-corrected chi connectivity index (χ4v) is 2.86. The number of unbranched alkanes of at least 4 members (excludes halogenated alkanes) is 3. The van der Waals surface area contributed by atoms with Crippen molar-refractivity contribution in [2.75, 3.05) is 11.9 Å². The number of thiocarbonyl (C=S) groups is 1. The summed E-state index contributed by atoms with van der Waals surface area (Å²) in [5.41, 5.74) is 1.54. The third-order valence-corrected chi connectivity index (χ3v) is 4.48. The molecule has 0 saturated heterocycles. The van der Waals surface area contributed by atoms with E-state index in [-0.39, 0.29) is 11.0 Å². The molecule has 0 spiro atoms. The Bertz CT molecular complexity index is 806. The lowest BCUT2D eigenvalue weighted by atomic mass is 10.2. The highest BCUT2D eigenvalue weighted by Crippen LogP contribution is 2.17. The van der Waals surface area contributed by atoms with Crippen molar-refractivity contribution < 1.29 is 9.53 Å². The number of nitrogens with one attached hydrogen (secondary N) is 2. The van der Waals surface area contributed by atoms with E-state index in [4.69, 9.17) is 28.6 Å². The van der Waals surface area contributed by atoms with Gasteiger partial charge in [-0.1, -0.05) is 56.0 Å². The van der Waals surface area contributed by atoms with Crippen LogP contribution in [0.3, 0.4) is 0 Å². The van der Waals surface area contributed by atoms with Crippen LogP contribution in [0.4, 0.5) is 5.69 Å². The van der Waals surface area contributed by atoms with Crippen molar-refractivity contribution in [3.63, 3.8) is 0 Å². The second-order valence-electron chi connectivity index (χ2n) is 6.23. The Morgan fingerprint density at radius 1 is 1.11 bits per heavy atom. The smallest absolute Gasteiger partial charge is 0.250 e. The van der Waals surface area contributed by atoms with Crippen molar-refractivity contribution in [2.24, 2.45) is 0 Å². The maximum atomic E-state index is 12.0. The highest BCUT2D eigenvalue weighted by Gasteiger charge is 2.03. The van der Waals surface area contributed by atoms with Crippen LogP contribution in [0, 0.1) is 0 Å². The zero-order valence-electron chi connectivity index (χ0n) is 15.9. The lowest BCUT2D eigenvalue weighted by Gasteiger charge is -2.10. The SMILES string of the molecule is CCCCCCOc1ccc(NC(=S)NC(=O)C=Cc2ccccc2Cl)cc1. The molecule has 0 unspecified atom stereocenters. The summed E-state index contributed by atoms with van der Waals surface area (Å²) in [5, 5.41) is 6.39. The summed E-state index contributed by atoms with van der Waals surface area (Å²) in [6.45, 7) is 2.91. The zero-order valence-corrected chi connectivity index (χ0v) is 17.5. The predicted molar refractivity (Wildman–Crippen MR) is 121 cm³/mol. The first-order chi connectivity index (χ1) is 13.6. The highest BCUT2D eigenvalue weighted by atomic mass is 35.5. The van der Waals surface area contributed by atoms with Crippen molar-refractivity contribution in [3.05, 3.63) is 65.2 Å². The fourth-order valence-electron chi connectivity index (χ4n) is 2.44. The van der Waals surface area contributed by atoms with Gasteiger partial charge in [-0.05, 0) is 60.6 Å². The Hall–Kier alpha value is -2.37.